The summed E-state index contributed by atoms with van der Waals surface area (Å²) in [5.74, 6) is 0. The minimum absolute atomic E-state index is 0.0771. The molecular weight excluding hydrogens is 202 g/mol. The zero-order valence-corrected chi connectivity index (χ0v) is 10.1. The molecule has 0 spiro atoms. The van der Waals surface area contributed by atoms with E-state index in [2.05, 4.69) is 23.5 Å². The van der Waals surface area contributed by atoms with Gasteiger partial charge in [-0.25, -0.2) is 0 Å². The summed E-state index contributed by atoms with van der Waals surface area (Å²) in [6.07, 6.45) is 7.89. The molecule has 0 saturated heterocycles. The lowest BCUT2D eigenvalue weighted by Gasteiger charge is -2.28. The van der Waals surface area contributed by atoms with Gasteiger partial charge in [0.1, 0.15) is 0 Å². The van der Waals surface area contributed by atoms with E-state index in [4.69, 9.17) is 0 Å². The topological polar surface area (TPSA) is 50.1 Å². The van der Waals surface area contributed by atoms with Crippen molar-refractivity contribution in [2.75, 3.05) is 0 Å². The number of aliphatic hydroxyl groups is 1. The van der Waals surface area contributed by atoms with Crippen LogP contribution in [0.1, 0.15) is 44.2 Å². The first kappa shape index (κ1) is 11.6. The number of aromatic nitrogens is 2. The number of hydrogen-bond acceptors (Lipinski definition) is 3. The number of hydrogen-bond donors (Lipinski definition) is 2. The van der Waals surface area contributed by atoms with Crippen molar-refractivity contribution in [1.29, 1.82) is 0 Å². The van der Waals surface area contributed by atoms with Crippen molar-refractivity contribution in [3.63, 3.8) is 0 Å². The highest BCUT2D eigenvalue weighted by Gasteiger charge is 2.21. The molecule has 1 aromatic rings. The minimum atomic E-state index is -0.0771. The monoisotopic (exact) mass is 223 g/mol. The maximum Gasteiger partial charge on any atom is 0.0541 e. The van der Waals surface area contributed by atoms with Crippen LogP contribution in [0.15, 0.2) is 12.4 Å². The van der Waals surface area contributed by atoms with E-state index in [9.17, 15) is 5.11 Å². The molecule has 2 N–H and O–H groups in total. The fourth-order valence-corrected chi connectivity index (χ4v) is 2.36. The lowest BCUT2D eigenvalue weighted by atomic mass is 9.92. The Morgan fingerprint density at radius 2 is 2.12 bits per heavy atom. The van der Waals surface area contributed by atoms with Gasteiger partial charge in [-0.15, -0.1) is 0 Å². The smallest absolute Gasteiger partial charge is 0.0541 e. The Hall–Kier alpha value is -0.870. The predicted octanol–water partition coefficient (Wildman–Crippen LogP) is 1.37. The first-order valence-corrected chi connectivity index (χ1v) is 6.08. The third kappa shape index (κ3) is 2.83. The van der Waals surface area contributed by atoms with Crippen LogP contribution in [0.25, 0.3) is 0 Å². The molecule has 90 valence electrons. The highest BCUT2D eigenvalue weighted by molar-refractivity contribution is 5.09. The first-order valence-electron chi connectivity index (χ1n) is 6.08. The molecule has 1 aliphatic rings. The maximum absolute atomic E-state index is 9.44. The highest BCUT2D eigenvalue weighted by Crippen LogP contribution is 2.21. The Bertz CT molecular complexity index is 329. The first-order chi connectivity index (χ1) is 7.65. The van der Waals surface area contributed by atoms with E-state index in [0.29, 0.717) is 12.1 Å². The second kappa shape index (κ2) is 4.97. The summed E-state index contributed by atoms with van der Waals surface area (Å²) in [7, 11) is 1.94. The molecule has 16 heavy (non-hydrogen) atoms. The van der Waals surface area contributed by atoms with Crippen LogP contribution in [0.2, 0.25) is 0 Å². The molecule has 1 aliphatic carbocycles. The van der Waals surface area contributed by atoms with Crippen molar-refractivity contribution in [2.45, 2.75) is 50.8 Å². The molecule has 2 rings (SSSR count). The lowest BCUT2D eigenvalue weighted by molar-refractivity contribution is 0.114. The Morgan fingerprint density at radius 1 is 1.44 bits per heavy atom. The number of rotatable bonds is 3. The molecule has 1 unspecified atom stereocenters. The van der Waals surface area contributed by atoms with E-state index >= 15 is 0 Å². The molecule has 1 atom stereocenters. The molecule has 0 aliphatic heterocycles. The fraction of sp³-hybridized carbons (Fsp3) is 0.750. The number of aliphatic hydroxyl groups excluding tert-OH is 1. The van der Waals surface area contributed by atoms with E-state index in [-0.39, 0.29) is 6.10 Å². The summed E-state index contributed by atoms with van der Waals surface area (Å²) < 4.78 is 1.83. The Morgan fingerprint density at radius 3 is 2.69 bits per heavy atom. The predicted molar refractivity (Wildman–Crippen MR) is 63.0 cm³/mol. The van der Waals surface area contributed by atoms with Crippen molar-refractivity contribution in [1.82, 2.24) is 15.1 Å². The normalized spacial score (nSPS) is 27.9. The Balaban J connectivity index is 1.85. The molecular formula is C12H21N3O. The molecule has 0 amide bonds. The van der Waals surface area contributed by atoms with Crippen molar-refractivity contribution in [2.24, 2.45) is 7.05 Å². The van der Waals surface area contributed by atoms with Gasteiger partial charge >= 0.3 is 0 Å². The lowest BCUT2D eigenvalue weighted by Crippen LogP contribution is -2.36. The van der Waals surface area contributed by atoms with E-state index in [0.717, 1.165) is 25.7 Å². The van der Waals surface area contributed by atoms with E-state index in [1.54, 1.807) is 0 Å². The quantitative estimate of drug-likeness (QED) is 0.814. The van der Waals surface area contributed by atoms with Gasteiger partial charge in [-0.2, -0.15) is 5.10 Å². The Kier molecular flexibility index (Phi) is 3.61. The van der Waals surface area contributed by atoms with Gasteiger partial charge in [-0.1, -0.05) is 0 Å². The molecule has 4 nitrogen and oxygen atoms in total. The van der Waals surface area contributed by atoms with Gasteiger partial charge in [-0.3, -0.25) is 4.68 Å². The molecule has 1 heterocycles. The van der Waals surface area contributed by atoms with Crippen LogP contribution in [0.3, 0.4) is 0 Å². The van der Waals surface area contributed by atoms with E-state index in [1.807, 2.05) is 17.9 Å². The van der Waals surface area contributed by atoms with Gasteiger partial charge in [0, 0.05) is 30.9 Å². The summed E-state index contributed by atoms with van der Waals surface area (Å²) in [6, 6.07) is 0.882. The van der Waals surface area contributed by atoms with Crippen LogP contribution < -0.4 is 5.32 Å². The van der Waals surface area contributed by atoms with Gasteiger partial charge < -0.3 is 10.4 Å². The van der Waals surface area contributed by atoms with E-state index in [1.165, 1.54) is 5.56 Å². The summed E-state index contributed by atoms with van der Waals surface area (Å²) in [4.78, 5) is 0. The van der Waals surface area contributed by atoms with Crippen molar-refractivity contribution < 1.29 is 5.11 Å². The second-order valence-corrected chi connectivity index (χ2v) is 4.84. The summed E-state index contributed by atoms with van der Waals surface area (Å²) in [5.41, 5.74) is 1.23. The van der Waals surface area contributed by atoms with Crippen LogP contribution in [0.4, 0.5) is 0 Å². The van der Waals surface area contributed by atoms with Gasteiger partial charge in [0.05, 0.1) is 12.3 Å². The minimum Gasteiger partial charge on any atom is -0.393 e. The average molecular weight is 223 g/mol. The fourth-order valence-electron chi connectivity index (χ4n) is 2.36. The van der Waals surface area contributed by atoms with Gasteiger partial charge in [-0.05, 0) is 32.6 Å². The van der Waals surface area contributed by atoms with Crippen LogP contribution in [-0.2, 0) is 7.05 Å². The van der Waals surface area contributed by atoms with Crippen molar-refractivity contribution in [3.05, 3.63) is 18.0 Å². The van der Waals surface area contributed by atoms with Crippen LogP contribution in [0.5, 0.6) is 0 Å². The van der Waals surface area contributed by atoms with Gasteiger partial charge in [0.2, 0.25) is 0 Å². The molecule has 1 aromatic heterocycles. The zero-order chi connectivity index (χ0) is 11.5. The summed E-state index contributed by atoms with van der Waals surface area (Å²) >= 11 is 0. The molecule has 4 heteroatoms. The molecule has 0 bridgehead atoms. The molecule has 1 fully saturated rings. The molecule has 0 radical (unpaired) electrons. The third-order valence-corrected chi connectivity index (χ3v) is 3.41. The SMILES string of the molecule is CC(NC1CCC(O)CC1)c1cnn(C)c1. The second-order valence-electron chi connectivity index (χ2n) is 4.84. The number of aryl methyl sites for hydroxylation is 1. The van der Waals surface area contributed by atoms with Crippen LogP contribution in [0, 0.1) is 0 Å². The standard InChI is InChI=1S/C12H21N3O/c1-9(10-7-13-15(2)8-10)14-11-3-5-12(16)6-4-11/h7-9,11-12,14,16H,3-6H2,1-2H3. The average Bonchev–Trinajstić information content (AvgIpc) is 2.68. The van der Waals surface area contributed by atoms with Crippen molar-refractivity contribution in [3.8, 4) is 0 Å². The van der Waals surface area contributed by atoms with Gasteiger partial charge in [0.15, 0.2) is 0 Å². The molecule has 1 saturated carbocycles. The maximum atomic E-state index is 9.44. The third-order valence-electron chi connectivity index (χ3n) is 3.41. The van der Waals surface area contributed by atoms with Gasteiger partial charge in [0.25, 0.3) is 0 Å². The van der Waals surface area contributed by atoms with E-state index < -0.39 is 0 Å². The van der Waals surface area contributed by atoms with Crippen LogP contribution in [-0.4, -0.2) is 27.0 Å². The highest BCUT2D eigenvalue weighted by atomic mass is 16.3. The number of nitrogens with one attached hydrogen (secondary N) is 1. The summed E-state index contributed by atoms with van der Waals surface area (Å²) in [5, 5.41) is 17.2. The van der Waals surface area contributed by atoms with Crippen molar-refractivity contribution >= 4 is 0 Å². The number of nitrogens with zero attached hydrogens (tertiary/aromatic N) is 2. The largest absolute Gasteiger partial charge is 0.393 e. The summed E-state index contributed by atoms with van der Waals surface area (Å²) in [6.45, 7) is 2.17. The van der Waals surface area contributed by atoms with Crippen LogP contribution >= 0.6 is 0 Å². The molecule has 0 aromatic carbocycles. The Labute approximate surface area is 96.7 Å². The zero-order valence-electron chi connectivity index (χ0n) is 10.1.